The van der Waals surface area contributed by atoms with Crippen LogP contribution in [0.15, 0.2) is 40.2 Å². The standard InChI is InChI=1S/C15H19NO2S5/c1-5-22-15(21-3)16-12(11-9-7-6-8-10-11)13(14(19)20-2)23(4,17)18/h6-10H,5H2,1-4H3/b13-12+,16-15?. The van der Waals surface area contributed by atoms with Gasteiger partial charge in [0.25, 0.3) is 0 Å². The van der Waals surface area contributed by atoms with E-state index >= 15 is 0 Å². The molecule has 0 unspecified atom stereocenters. The first-order valence-corrected chi connectivity index (χ1v) is 12.4. The van der Waals surface area contributed by atoms with Gasteiger partial charge in [-0.05, 0) is 18.3 Å². The first kappa shape index (κ1) is 20.8. The highest BCUT2D eigenvalue weighted by atomic mass is 32.2. The zero-order valence-electron chi connectivity index (χ0n) is 13.4. The molecule has 0 aliphatic heterocycles. The van der Waals surface area contributed by atoms with Gasteiger partial charge >= 0.3 is 0 Å². The van der Waals surface area contributed by atoms with E-state index < -0.39 is 9.84 Å². The Morgan fingerprint density at radius 3 is 2.22 bits per heavy atom. The Kier molecular flexibility index (Phi) is 8.92. The fourth-order valence-corrected chi connectivity index (χ4v) is 5.48. The van der Waals surface area contributed by atoms with Gasteiger partial charge in [0.15, 0.2) is 9.84 Å². The molecule has 0 aromatic heterocycles. The van der Waals surface area contributed by atoms with Crippen LogP contribution in [0.5, 0.6) is 0 Å². The molecule has 0 bridgehead atoms. The minimum absolute atomic E-state index is 0.120. The van der Waals surface area contributed by atoms with E-state index in [9.17, 15) is 8.42 Å². The van der Waals surface area contributed by atoms with Gasteiger partial charge in [-0.1, -0.05) is 61.2 Å². The zero-order chi connectivity index (χ0) is 17.5. The number of aliphatic imine (C=N–C) groups is 1. The van der Waals surface area contributed by atoms with Crippen LogP contribution < -0.4 is 0 Å². The molecule has 0 amide bonds. The van der Waals surface area contributed by atoms with Crippen molar-refractivity contribution in [1.29, 1.82) is 0 Å². The highest BCUT2D eigenvalue weighted by Crippen LogP contribution is 2.30. The van der Waals surface area contributed by atoms with Crippen LogP contribution in [0.1, 0.15) is 12.5 Å². The smallest absolute Gasteiger partial charge is 0.179 e. The molecule has 3 nitrogen and oxygen atoms in total. The Balaban J connectivity index is 3.73. The van der Waals surface area contributed by atoms with E-state index in [-0.39, 0.29) is 4.91 Å². The number of sulfone groups is 1. The SMILES string of the molecule is CCSC(=N/C(=C(\C(=S)SC)S(C)(=O)=O)c1ccccc1)SC. The summed E-state index contributed by atoms with van der Waals surface area (Å²) in [5, 5.41) is 0. The van der Waals surface area contributed by atoms with Crippen LogP contribution in [0.2, 0.25) is 0 Å². The molecule has 0 heterocycles. The van der Waals surface area contributed by atoms with Gasteiger partial charge in [0.1, 0.15) is 9.28 Å². The topological polar surface area (TPSA) is 46.5 Å². The molecule has 0 aliphatic carbocycles. The summed E-state index contributed by atoms with van der Waals surface area (Å²) in [5.41, 5.74) is 1.16. The monoisotopic (exact) mass is 405 g/mol. The van der Waals surface area contributed by atoms with E-state index in [1.165, 1.54) is 29.8 Å². The number of thiocarbonyl (C=S) groups is 1. The van der Waals surface area contributed by atoms with E-state index in [1.54, 1.807) is 18.0 Å². The molecule has 8 heteroatoms. The fourth-order valence-electron chi connectivity index (χ4n) is 1.71. The van der Waals surface area contributed by atoms with Crippen molar-refractivity contribution in [3.63, 3.8) is 0 Å². The molecule has 0 saturated carbocycles. The van der Waals surface area contributed by atoms with Gasteiger partial charge in [0.05, 0.1) is 9.89 Å². The molecule has 1 aromatic rings. The number of rotatable bonds is 5. The van der Waals surface area contributed by atoms with Crippen molar-refractivity contribution >= 4 is 71.6 Å². The van der Waals surface area contributed by atoms with Crippen molar-refractivity contribution in [2.45, 2.75) is 6.92 Å². The van der Waals surface area contributed by atoms with Crippen molar-refractivity contribution < 1.29 is 8.42 Å². The number of hydrogen-bond donors (Lipinski definition) is 0. The zero-order valence-corrected chi connectivity index (χ0v) is 17.5. The third-order valence-corrected chi connectivity index (χ3v) is 7.25. The minimum Gasteiger partial charge on any atom is -0.233 e. The first-order valence-electron chi connectivity index (χ1n) is 6.68. The summed E-state index contributed by atoms with van der Waals surface area (Å²) in [7, 11) is -3.50. The Morgan fingerprint density at radius 1 is 1.17 bits per heavy atom. The van der Waals surface area contributed by atoms with Crippen LogP contribution in [0.3, 0.4) is 0 Å². The van der Waals surface area contributed by atoms with Crippen LogP contribution >= 0.6 is 47.5 Å². The molecule has 0 radical (unpaired) electrons. The van der Waals surface area contributed by atoms with Crippen LogP contribution in [-0.4, -0.2) is 41.5 Å². The van der Waals surface area contributed by atoms with Crippen molar-refractivity contribution in [3.8, 4) is 0 Å². The number of benzene rings is 1. The second-order valence-corrected chi connectivity index (χ2v) is 10.1. The molecular weight excluding hydrogens is 387 g/mol. The molecular formula is C15H19NO2S5. The normalized spacial score (nSPS) is 13.7. The molecule has 1 rings (SSSR count). The summed E-state index contributed by atoms with van der Waals surface area (Å²) in [6.45, 7) is 2.03. The van der Waals surface area contributed by atoms with Crippen molar-refractivity contribution in [2.24, 2.45) is 4.99 Å². The van der Waals surface area contributed by atoms with Crippen molar-refractivity contribution in [3.05, 3.63) is 40.8 Å². The van der Waals surface area contributed by atoms with E-state index in [1.807, 2.05) is 43.5 Å². The highest BCUT2D eigenvalue weighted by molar-refractivity contribution is 8.38. The van der Waals surface area contributed by atoms with E-state index in [0.717, 1.165) is 15.7 Å². The van der Waals surface area contributed by atoms with Crippen molar-refractivity contribution in [2.75, 3.05) is 24.5 Å². The maximum atomic E-state index is 12.3. The average molecular weight is 406 g/mol. The van der Waals surface area contributed by atoms with Gasteiger partial charge in [0, 0.05) is 11.8 Å². The van der Waals surface area contributed by atoms with Crippen LogP contribution in [0.4, 0.5) is 0 Å². The lowest BCUT2D eigenvalue weighted by atomic mass is 10.1. The molecule has 0 fully saturated rings. The summed E-state index contributed by atoms with van der Waals surface area (Å²) >= 11 is 9.62. The van der Waals surface area contributed by atoms with Crippen LogP contribution in [-0.2, 0) is 9.84 Å². The molecule has 0 aliphatic rings. The molecule has 0 atom stereocenters. The lowest BCUT2D eigenvalue weighted by Gasteiger charge is -2.12. The lowest BCUT2D eigenvalue weighted by molar-refractivity contribution is 0.609. The predicted octanol–water partition coefficient (Wildman–Crippen LogP) is 4.56. The Morgan fingerprint density at radius 2 is 1.78 bits per heavy atom. The molecule has 0 saturated heterocycles. The maximum absolute atomic E-state index is 12.3. The van der Waals surface area contributed by atoms with Gasteiger partial charge in [-0.3, -0.25) is 0 Å². The first-order chi connectivity index (χ1) is 10.8. The lowest BCUT2D eigenvalue weighted by Crippen LogP contribution is -2.10. The number of nitrogens with zero attached hydrogens (tertiary/aromatic N) is 1. The second-order valence-electron chi connectivity index (χ2n) is 4.32. The molecule has 23 heavy (non-hydrogen) atoms. The van der Waals surface area contributed by atoms with Crippen molar-refractivity contribution in [1.82, 2.24) is 0 Å². The van der Waals surface area contributed by atoms with Gasteiger partial charge < -0.3 is 0 Å². The minimum atomic E-state index is -3.50. The summed E-state index contributed by atoms with van der Waals surface area (Å²) in [4.78, 5) is 4.75. The van der Waals surface area contributed by atoms with Gasteiger partial charge in [-0.25, -0.2) is 13.4 Å². The summed E-state index contributed by atoms with van der Waals surface area (Å²) < 4.78 is 25.8. The van der Waals surface area contributed by atoms with E-state index in [4.69, 9.17) is 12.2 Å². The molecule has 1 aromatic carbocycles. The molecule has 0 N–H and O–H groups in total. The second kappa shape index (κ2) is 9.88. The third-order valence-electron chi connectivity index (χ3n) is 2.65. The molecule has 126 valence electrons. The van der Waals surface area contributed by atoms with E-state index in [2.05, 4.69) is 4.99 Å². The van der Waals surface area contributed by atoms with Crippen LogP contribution in [0, 0.1) is 0 Å². The Hall–Kier alpha value is -0.280. The fraction of sp³-hybridized carbons (Fsp3) is 0.333. The average Bonchev–Trinajstić information content (AvgIpc) is 2.52. The molecule has 0 spiro atoms. The number of thioether (sulfide) groups is 3. The number of hydrogen-bond acceptors (Lipinski definition) is 7. The summed E-state index contributed by atoms with van der Waals surface area (Å²) in [6.07, 6.45) is 4.88. The van der Waals surface area contributed by atoms with Gasteiger partial charge in [-0.2, -0.15) is 0 Å². The summed E-state index contributed by atoms with van der Waals surface area (Å²) in [6, 6.07) is 9.30. The maximum Gasteiger partial charge on any atom is 0.179 e. The Labute approximate surface area is 156 Å². The largest absolute Gasteiger partial charge is 0.233 e. The summed E-state index contributed by atoms with van der Waals surface area (Å²) in [5.74, 6) is 0.864. The Bertz CT molecular complexity index is 709. The quantitative estimate of drug-likeness (QED) is 0.310. The van der Waals surface area contributed by atoms with Gasteiger partial charge in [-0.15, -0.1) is 23.5 Å². The van der Waals surface area contributed by atoms with Gasteiger partial charge in [0.2, 0.25) is 0 Å². The third kappa shape index (κ3) is 6.26. The highest BCUT2D eigenvalue weighted by Gasteiger charge is 2.23. The van der Waals surface area contributed by atoms with Crippen LogP contribution in [0.25, 0.3) is 5.70 Å². The van der Waals surface area contributed by atoms with E-state index in [0.29, 0.717) is 9.89 Å². The predicted molar refractivity (Wildman–Crippen MR) is 113 cm³/mol.